The third-order valence-electron chi connectivity index (χ3n) is 5.31. The van der Waals surface area contributed by atoms with Crippen molar-refractivity contribution in [1.82, 2.24) is 10.2 Å². The molecule has 21 heavy (non-hydrogen) atoms. The van der Waals surface area contributed by atoms with E-state index < -0.39 is 12.0 Å². The third-order valence-corrected chi connectivity index (χ3v) is 5.31. The van der Waals surface area contributed by atoms with Gasteiger partial charge >= 0.3 is 12.0 Å². The molecule has 1 heterocycles. The fourth-order valence-electron chi connectivity index (χ4n) is 3.68. The van der Waals surface area contributed by atoms with Crippen molar-refractivity contribution in [2.24, 2.45) is 11.3 Å². The second-order valence-electron chi connectivity index (χ2n) is 7.02. The zero-order chi connectivity index (χ0) is 15.5. The molecule has 2 unspecified atom stereocenters. The highest BCUT2D eigenvalue weighted by molar-refractivity contribution is 5.82. The van der Waals surface area contributed by atoms with Gasteiger partial charge in [0.05, 0.1) is 0 Å². The average molecular weight is 296 g/mol. The Labute approximate surface area is 127 Å². The first-order chi connectivity index (χ1) is 9.95. The molecule has 120 valence electrons. The summed E-state index contributed by atoms with van der Waals surface area (Å²) in [4.78, 5) is 25.3. The molecule has 1 aliphatic carbocycles. The second kappa shape index (κ2) is 6.67. The van der Waals surface area contributed by atoms with Crippen LogP contribution in [0.3, 0.4) is 0 Å². The normalized spacial score (nSPS) is 28.4. The number of urea groups is 1. The number of carbonyl (C=O) groups excluding carboxylic acids is 1. The van der Waals surface area contributed by atoms with E-state index in [1.165, 1.54) is 17.7 Å². The zero-order valence-electron chi connectivity index (χ0n) is 13.2. The third kappa shape index (κ3) is 3.89. The molecule has 0 aromatic carbocycles. The molecule has 0 aromatic heterocycles. The number of carbonyl (C=O) groups is 2. The molecule has 2 rings (SSSR count). The van der Waals surface area contributed by atoms with Gasteiger partial charge in [0, 0.05) is 13.1 Å². The standard InChI is InChI=1S/C16H28N2O3/c1-3-12-6-9-18(13(10-12)14(19)20)15(21)17-11-16(2)7-4-5-8-16/h12-13H,3-11H2,1-2H3,(H,17,21)(H,19,20). The van der Waals surface area contributed by atoms with Crippen LogP contribution < -0.4 is 5.32 Å². The van der Waals surface area contributed by atoms with E-state index in [0.717, 1.165) is 25.7 Å². The molecule has 2 N–H and O–H groups in total. The number of rotatable bonds is 4. The molecule has 0 aromatic rings. The van der Waals surface area contributed by atoms with Crippen LogP contribution >= 0.6 is 0 Å². The summed E-state index contributed by atoms with van der Waals surface area (Å²) in [5, 5.41) is 12.4. The van der Waals surface area contributed by atoms with E-state index in [0.29, 0.717) is 25.4 Å². The molecule has 1 aliphatic heterocycles. The number of hydrogen-bond donors (Lipinski definition) is 2. The lowest BCUT2D eigenvalue weighted by molar-refractivity contribution is -0.144. The summed E-state index contributed by atoms with van der Waals surface area (Å²) in [5.74, 6) is -0.460. The minimum absolute atomic E-state index is 0.191. The van der Waals surface area contributed by atoms with Crippen molar-refractivity contribution in [2.75, 3.05) is 13.1 Å². The van der Waals surface area contributed by atoms with E-state index in [-0.39, 0.29) is 11.4 Å². The SMILES string of the molecule is CCC1CCN(C(=O)NCC2(C)CCCC2)C(C(=O)O)C1. The topological polar surface area (TPSA) is 69.6 Å². The first-order valence-electron chi connectivity index (χ1n) is 8.22. The highest BCUT2D eigenvalue weighted by atomic mass is 16.4. The number of carboxylic acid groups (broad SMARTS) is 1. The molecular weight excluding hydrogens is 268 g/mol. The summed E-state index contributed by atoms with van der Waals surface area (Å²) >= 11 is 0. The van der Waals surface area contributed by atoms with Gasteiger partial charge in [-0.15, -0.1) is 0 Å². The summed E-state index contributed by atoms with van der Waals surface area (Å²) in [7, 11) is 0. The van der Waals surface area contributed by atoms with E-state index in [1.807, 2.05) is 0 Å². The number of nitrogens with one attached hydrogen (secondary N) is 1. The van der Waals surface area contributed by atoms with Crippen molar-refractivity contribution in [1.29, 1.82) is 0 Å². The Balaban J connectivity index is 1.92. The lowest BCUT2D eigenvalue weighted by Gasteiger charge is -2.37. The van der Waals surface area contributed by atoms with Crippen LogP contribution in [0.15, 0.2) is 0 Å². The molecule has 1 saturated heterocycles. The Morgan fingerprint density at radius 2 is 2.00 bits per heavy atom. The monoisotopic (exact) mass is 296 g/mol. The predicted octanol–water partition coefficient (Wildman–Crippen LogP) is 2.85. The fourth-order valence-corrected chi connectivity index (χ4v) is 3.68. The van der Waals surface area contributed by atoms with Gasteiger partial charge in [0.2, 0.25) is 0 Å². The van der Waals surface area contributed by atoms with Gasteiger partial charge in [-0.05, 0) is 37.0 Å². The largest absolute Gasteiger partial charge is 0.480 e. The van der Waals surface area contributed by atoms with Gasteiger partial charge in [0.25, 0.3) is 0 Å². The maximum Gasteiger partial charge on any atom is 0.326 e. The minimum Gasteiger partial charge on any atom is -0.480 e. The second-order valence-corrected chi connectivity index (χ2v) is 7.02. The molecule has 0 radical (unpaired) electrons. The number of nitrogens with zero attached hydrogens (tertiary/aromatic N) is 1. The molecule has 2 atom stereocenters. The van der Waals surface area contributed by atoms with Crippen LogP contribution in [0.5, 0.6) is 0 Å². The van der Waals surface area contributed by atoms with Crippen LogP contribution in [0.25, 0.3) is 0 Å². The Kier molecular flexibility index (Phi) is 5.12. The van der Waals surface area contributed by atoms with Gasteiger partial charge in [-0.25, -0.2) is 9.59 Å². The maximum absolute atomic E-state index is 12.4. The van der Waals surface area contributed by atoms with Crippen molar-refractivity contribution in [3.63, 3.8) is 0 Å². The summed E-state index contributed by atoms with van der Waals surface area (Å²) in [6, 6.07) is -0.870. The molecule has 0 spiro atoms. The quantitative estimate of drug-likeness (QED) is 0.838. The first-order valence-corrected chi connectivity index (χ1v) is 8.22. The van der Waals surface area contributed by atoms with Crippen molar-refractivity contribution < 1.29 is 14.7 Å². The number of aliphatic carboxylic acids is 1. The highest BCUT2D eigenvalue weighted by Gasteiger charge is 2.36. The van der Waals surface area contributed by atoms with E-state index in [2.05, 4.69) is 19.2 Å². The summed E-state index contributed by atoms with van der Waals surface area (Å²) in [6.45, 7) is 5.50. The number of amides is 2. The van der Waals surface area contributed by atoms with Crippen molar-refractivity contribution in [3.05, 3.63) is 0 Å². The van der Waals surface area contributed by atoms with Gasteiger partial charge in [0.1, 0.15) is 6.04 Å². The van der Waals surface area contributed by atoms with Gasteiger partial charge < -0.3 is 15.3 Å². The van der Waals surface area contributed by atoms with Crippen LogP contribution in [0.2, 0.25) is 0 Å². The maximum atomic E-state index is 12.4. The van der Waals surface area contributed by atoms with Crippen LogP contribution in [-0.2, 0) is 4.79 Å². The van der Waals surface area contributed by atoms with E-state index in [1.54, 1.807) is 0 Å². The van der Waals surface area contributed by atoms with Crippen molar-refractivity contribution in [3.8, 4) is 0 Å². The van der Waals surface area contributed by atoms with Crippen molar-refractivity contribution >= 4 is 12.0 Å². The molecule has 5 nitrogen and oxygen atoms in total. The molecular formula is C16H28N2O3. The highest BCUT2D eigenvalue weighted by Crippen LogP contribution is 2.36. The molecule has 2 amide bonds. The van der Waals surface area contributed by atoms with E-state index in [4.69, 9.17) is 0 Å². The Morgan fingerprint density at radius 1 is 1.33 bits per heavy atom. The number of likely N-dealkylation sites (tertiary alicyclic amines) is 1. The minimum atomic E-state index is -0.879. The molecule has 5 heteroatoms. The average Bonchev–Trinajstić information content (AvgIpc) is 2.91. The van der Waals surface area contributed by atoms with E-state index >= 15 is 0 Å². The van der Waals surface area contributed by atoms with Crippen LogP contribution in [0.1, 0.15) is 58.8 Å². The van der Waals surface area contributed by atoms with Crippen molar-refractivity contribution in [2.45, 2.75) is 64.8 Å². The van der Waals surface area contributed by atoms with E-state index in [9.17, 15) is 14.7 Å². The Morgan fingerprint density at radius 3 is 2.57 bits per heavy atom. The Hall–Kier alpha value is -1.26. The molecule has 0 bridgehead atoms. The van der Waals surface area contributed by atoms with Gasteiger partial charge in [-0.3, -0.25) is 0 Å². The lowest BCUT2D eigenvalue weighted by atomic mass is 9.88. The fraction of sp³-hybridized carbons (Fsp3) is 0.875. The molecule has 2 fully saturated rings. The van der Waals surface area contributed by atoms with Crippen LogP contribution in [-0.4, -0.2) is 41.1 Å². The Bertz CT molecular complexity index is 391. The number of piperidine rings is 1. The smallest absolute Gasteiger partial charge is 0.326 e. The summed E-state index contributed by atoms with van der Waals surface area (Å²) in [6.07, 6.45) is 7.22. The van der Waals surface area contributed by atoms with Gasteiger partial charge in [-0.1, -0.05) is 33.1 Å². The predicted molar refractivity (Wildman–Crippen MR) is 81.1 cm³/mol. The molecule has 2 aliphatic rings. The van der Waals surface area contributed by atoms with Gasteiger partial charge in [-0.2, -0.15) is 0 Å². The van der Waals surface area contributed by atoms with Crippen LogP contribution in [0.4, 0.5) is 4.79 Å². The summed E-state index contributed by atoms with van der Waals surface area (Å²) in [5.41, 5.74) is 0.191. The number of hydrogen-bond acceptors (Lipinski definition) is 2. The lowest BCUT2D eigenvalue weighted by Crippen LogP contribution is -2.54. The van der Waals surface area contributed by atoms with Crippen LogP contribution in [0, 0.1) is 11.3 Å². The van der Waals surface area contributed by atoms with Gasteiger partial charge in [0.15, 0.2) is 0 Å². The number of carboxylic acids is 1. The molecule has 1 saturated carbocycles. The first kappa shape index (κ1) is 16.1. The zero-order valence-corrected chi connectivity index (χ0v) is 13.2. The summed E-state index contributed by atoms with van der Waals surface area (Å²) < 4.78 is 0.